The number of aliphatic hydroxyl groups is 1. The molecule has 1 rings (SSSR count). The highest BCUT2D eigenvalue weighted by Crippen LogP contribution is 2.26. The molecule has 0 radical (unpaired) electrons. The van der Waals surface area contributed by atoms with Gasteiger partial charge in [-0.2, -0.15) is 0 Å². The van der Waals surface area contributed by atoms with Crippen LogP contribution in [0.25, 0.3) is 6.08 Å². The average Bonchev–Trinajstić information content (AvgIpc) is 2.80. The molecule has 0 aliphatic heterocycles. The van der Waals surface area contributed by atoms with E-state index in [1.165, 1.54) is 44.6 Å². The lowest BCUT2D eigenvalue weighted by Crippen LogP contribution is -2.12. The molecule has 0 bridgehead atoms. The summed E-state index contributed by atoms with van der Waals surface area (Å²) in [6, 6.07) is 4.74. The quantitative estimate of drug-likeness (QED) is 0.162. The van der Waals surface area contributed by atoms with Gasteiger partial charge >= 0.3 is 5.97 Å². The minimum absolute atomic E-state index is 0.0186. The molecule has 0 fully saturated rings. The van der Waals surface area contributed by atoms with Gasteiger partial charge in [-0.25, -0.2) is 4.79 Å². The van der Waals surface area contributed by atoms with Gasteiger partial charge in [-0.3, -0.25) is 0 Å². The molecule has 0 heterocycles. The number of hydrogen-bond acceptors (Lipinski definition) is 5. The number of carbonyl (C=O) groups is 1. The zero-order valence-electron chi connectivity index (χ0n) is 18.8. The summed E-state index contributed by atoms with van der Waals surface area (Å²) in [4.78, 5) is 12.3. The van der Waals surface area contributed by atoms with Crippen molar-refractivity contribution in [1.82, 2.24) is 0 Å². The predicted molar refractivity (Wildman–Crippen MR) is 128 cm³/mol. The smallest absolute Gasteiger partial charge is 0.332 e. The first-order valence-electron chi connectivity index (χ1n) is 10.7. The van der Waals surface area contributed by atoms with Crippen LogP contribution in [0.15, 0.2) is 49.1 Å². The number of benzene rings is 1. The summed E-state index contributed by atoms with van der Waals surface area (Å²) < 4.78 is 10.5. The minimum atomic E-state index is -0.950. The Hall–Kier alpha value is -3.41. The molecule has 5 nitrogen and oxygen atoms in total. The molecular weight excluding hydrogens is 404 g/mol. The van der Waals surface area contributed by atoms with E-state index in [1.807, 2.05) is 6.08 Å². The summed E-state index contributed by atoms with van der Waals surface area (Å²) in [5.41, 5.74) is 0.672. The van der Waals surface area contributed by atoms with Crippen LogP contribution in [0.1, 0.15) is 51.0 Å². The fraction of sp³-hybridized carbons (Fsp3) is 0.370. The van der Waals surface area contributed by atoms with E-state index in [9.17, 15) is 15.0 Å². The summed E-state index contributed by atoms with van der Waals surface area (Å²) in [7, 11) is 1.45. The van der Waals surface area contributed by atoms with Gasteiger partial charge in [0, 0.05) is 6.08 Å². The second-order valence-electron chi connectivity index (χ2n) is 6.97. The predicted octanol–water partition coefficient (Wildman–Crippen LogP) is 4.80. The highest BCUT2D eigenvalue weighted by Gasteiger charge is 2.06. The van der Waals surface area contributed by atoms with Gasteiger partial charge in [0.25, 0.3) is 0 Å². The Bertz CT molecular complexity index is 905. The van der Waals surface area contributed by atoms with Crippen molar-refractivity contribution < 1.29 is 24.5 Å². The van der Waals surface area contributed by atoms with E-state index in [0.717, 1.165) is 19.3 Å². The van der Waals surface area contributed by atoms with Crippen LogP contribution in [0.3, 0.4) is 0 Å². The van der Waals surface area contributed by atoms with E-state index in [-0.39, 0.29) is 5.75 Å². The van der Waals surface area contributed by atoms with Crippen LogP contribution in [-0.2, 0) is 9.53 Å². The molecule has 1 aromatic rings. The Kier molecular flexibility index (Phi) is 13.6. The maximum absolute atomic E-state index is 12.3. The zero-order chi connectivity index (χ0) is 23.6. The summed E-state index contributed by atoms with van der Waals surface area (Å²) in [5, 5.41) is 19.0. The molecule has 2 atom stereocenters. The standard InChI is InChI=1S/C27H32O5/c1-4-6-7-8-9-10-11-15-24(16-13-12-14-23(28)5-2)32-27(30)20-18-22-17-19-25(29)26(21-22)31-3/h5,11,15,17-21,23-24,28-29H,2,4,6-10H2,1,3H3/b15-11-,20-18+/t23-,24+/m1/s1. The van der Waals surface area contributed by atoms with Crippen LogP contribution < -0.4 is 4.74 Å². The molecule has 0 aliphatic carbocycles. The van der Waals surface area contributed by atoms with Crippen molar-refractivity contribution in [1.29, 1.82) is 0 Å². The lowest BCUT2D eigenvalue weighted by Gasteiger charge is -2.06. The largest absolute Gasteiger partial charge is 0.504 e. The van der Waals surface area contributed by atoms with Crippen molar-refractivity contribution >= 4 is 12.0 Å². The fourth-order valence-corrected chi connectivity index (χ4v) is 2.61. The summed E-state index contributed by atoms with van der Waals surface area (Å²) in [6.45, 7) is 5.62. The van der Waals surface area contributed by atoms with Crippen molar-refractivity contribution in [3.63, 3.8) is 0 Å². The Labute approximate surface area is 191 Å². The number of unbranched alkanes of at least 4 members (excludes halogenated alkanes) is 5. The summed E-state index contributed by atoms with van der Waals surface area (Å²) >= 11 is 0. The Morgan fingerprint density at radius 1 is 1.19 bits per heavy atom. The molecule has 0 amide bonds. The van der Waals surface area contributed by atoms with Gasteiger partial charge < -0.3 is 19.7 Å². The highest BCUT2D eigenvalue weighted by molar-refractivity contribution is 5.87. The molecule has 0 aromatic heterocycles. The van der Waals surface area contributed by atoms with E-state index in [0.29, 0.717) is 11.3 Å². The number of esters is 1. The Morgan fingerprint density at radius 3 is 2.66 bits per heavy atom. The van der Waals surface area contributed by atoms with Crippen molar-refractivity contribution in [3.05, 3.63) is 54.6 Å². The lowest BCUT2D eigenvalue weighted by molar-refractivity contribution is -0.138. The van der Waals surface area contributed by atoms with Crippen molar-refractivity contribution in [2.45, 2.75) is 57.7 Å². The Morgan fingerprint density at radius 2 is 1.94 bits per heavy atom. The van der Waals surface area contributed by atoms with Gasteiger partial charge in [-0.1, -0.05) is 63.3 Å². The maximum atomic E-state index is 12.3. The molecule has 32 heavy (non-hydrogen) atoms. The number of ether oxygens (including phenoxy) is 2. The molecule has 0 aliphatic rings. The molecular formula is C27H32O5. The van der Waals surface area contributed by atoms with E-state index in [2.05, 4.69) is 37.2 Å². The van der Waals surface area contributed by atoms with Crippen molar-refractivity contribution in [2.24, 2.45) is 0 Å². The average molecular weight is 437 g/mol. The number of allylic oxidation sites excluding steroid dienone is 1. The third-order valence-electron chi connectivity index (χ3n) is 4.36. The molecule has 0 saturated heterocycles. The molecule has 0 saturated carbocycles. The first-order chi connectivity index (χ1) is 15.5. The molecule has 2 N–H and O–H groups in total. The number of aromatic hydroxyl groups is 1. The Balaban J connectivity index is 2.77. The van der Waals surface area contributed by atoms with Gasteiger partial charge in [-0.15, -0.1) is 0 Å². The highest BCUT2D eigenvalue weighted by atomic mass is 16.5. The second-order valence-corrected chi connectivity index (χ2v) is 6.97. The maximum Gasteiger partial charge on any atom is 0.332 e. The summed E-state index contributed by atoms with van der Waals surface area (Å²) in [5.74, 6) is 10.2. The lowest BCUT2D eigenvalue weighted by atomic mass is 10.1. The normalized spacial score (nSPS) is 12.3. The first-order valence-corrected chi connectivity index (χ1v) is 10.7. The molecule has 0 spiro atoms. The molecule has 1 aromatic carbocycles. The van der Waals surface area contributed by atoms with Gasteiger partial charge in [-0.05, 0) is 60.5 Å². The third-order valence-corrected chi connectivity index (χ3v) is 4.36. The summed E-state index contributed by atoms with van der Waals surface area (Å²) in [6.07, 6.45) is 12.9. The first kappa shape index (κ1) is 26.6. The second kappa shape index (κ2) is 16.3. The third kappa shape index (κ3) is 11.7. The number of hydrogen-bond donors (Lipinski definition) is 2. The van der Waals surface area contributed by atoms with Gasteiger partial charge in [0.1, 0.15) is 6.10 Å². The number of carbonyl (C=O) groups excluding carboxylic acids is 1. The van der Waals surface area contributed by atoms with E-state index in [4.69, 9.17) is 9.47 Å². The minimum Gasteiger partial charge on any atom is -0.504 e. The number of rotatable bonds is 12. The van der Waals surface area contributed by atoms with E-state index >= 15 is 0 Å². The van der Waals surface area contributed by atoms with Crippen molar-refractivity contribution in [3.8, 4) is 35.2 Å². The topological polar surface area (TPSA) is 76.0 Å². The molecule has 170 valence electrons. The number of methoxy groups -OCH3 is 1. The number of phenols is 1. The fourth-order valence-electron chi connectivity index (χ4n) is 2.61. The van der Waals surface area contributed by atoms with E-state index < -0.39 is 18.2 Å². The van der Waals surface area contributed by atoms with Gasteiger partial charge in [0.2, 0.25) is 0 Å². The van der Waals surface area contributed by atoms with Crippen LogP contribution in [0.5, 0.6) is 11.5 Å². The zero-order valence-corrected chi connectivity index (χ0v) is 18.8. The van der Waals surface area contributed by atoms with Crippen LogP contribution in [0.4, 0.5) is 0 Å². The van der Waals surface area contributed by atoms with Gasteiger partial charge in [0.15, 0.2) is 17.6 Å². The number of phenolic OH excluding ortho intramolecular Hbond substituents is 1. The van der Waals surface area contributed by atoms with E-state index in [1.54, 1.807) is 24.3 Å². The van der Waals surface area contributed by atoms with Crippen LogP contribution in [0, 0.1) is 23.7 Å². The SMILES string of the molecule is C=C[C@@H](O)C#CC#C[C@H](/C=C\CCCCCCC)OC(=O)/C=C/c1ccc(O)c(OC)c1. The van der Waals surface area contributed by atoms with Crippen molar-refractivity contribution in [2.75, 3.05) is 7.11 Å². The molecule has 0 unspecified atom stereocenters. The van der Waals surface area contributed by atoms with Gasteiger partial charge in [0.05, 0.1) is 7.11 Å². The van der Waals surface area contributed by atoms with Crippen LogP contribution in [-0.4, -0.2) is 35.5 Å². The number of aliphatic hydroxyl groups excluding tert-OH is 1. The van der Waals surface area contributed by atoms with Crippen LogP contribution in [0.2, 0.25) is 0 Å². The van der Waals surface area contributed by atoms with Crippen LogP contribution >= 0.6 is 0 Å². The monoisotopic (exact) mass is 436 g/mol. The molecule has 5 heteroatoms.